The second kappa shape index (κ2) is 7.33. The Balaban J connectivity index is 2.98. The van der Waals surface area contributed by atoms with Crippen LogP contribution in [-0.2, 0) is 4.79 Å². The van der Waals surface area contributed by atoms with E-state index in [2.05, 4.69) is 5.16 Å². The minimum Gasteiger partial charge on any atom is -0.409 e. The van der Waals surface area contributed by atoms with Crippen LogP contribution in [0.5, 0.6) is 0 Å². The van der Waals surface area contributed by atoms with Gasteiger partial charge in [0.2, 0.25) is 5.91 Å². The van der Waals surface area contributed by atoms with Crippen LogP contribution in [0.25, 0.3) is 0 Å². The molecular weight excluding hydrogens is 246 g/mol. The van der Waals surface area contributed by atoms with Crippen molar-refractivity contribution in [2.24, 2.45) is 16.3 Å². The van der Waals surface area contributed by atoms with E-state index in [9.17, 15) is 4.79 Å². The zero-order chi connectivity index (χ0) is 14.3. The number of aliphatic hydroxyl groups is 1. The lowest BCUT2D eigenvalue weighted by atomic mass is 9.72. The second-order valence-electron chi connectivity index (χ2n) is 5.14. The minimum atomic E-state index is -0.878. The third-order valence-electron chi connectivity index (χ3n) is 3.87. The highest BCUT2D eigenvalue weighted by Gasteiger charge is 2.45. The van der Waals surface area contributed by atoms with Crippen molar-refractivity contribution in [3.05, 3.63) is 0 Å². The molecule has 0 aromatic carbocycles. The Morgan fingerprint density at radius 3 is 2.42 bits per heavy atom. The van der Waals surface area contributed by atoms with Crippen LogP contribution in [0.3, 0.4) is 0 Å². The van der Waals surface area contributed by atoms with E-state index in [-0.39, 0.29) is 18.3 Å². The molecule has 1 aliphatic carbocycles. The molecule has 4 N–H and O–H groups in total. The number of hydrogen-bond donors (Lipinski definition) is 3. The molecule has 1 saturated carbocycles. The lowest BCUT2D eigenvalue weighted by Crippen LogP contribution is -2.53. The van der Waals surface area contributed by atoms with E-state index in [1.807, 2.05) is 6.92 Å². The number of hydrogen-bond acceptors (Lipinski definition) is 4. The molecule has 0 atom stereocenters. The summed E-state index contributed by atoms with van der Waals surface area (Å²) in [6.07, 6.45) is 4.93. The van der Waals surface area contributed by atoms with Crippen LogP contribution < -0.4 is 5.73 Å². The van der Waals surface area contributed by atoms with Crippen molar-refractivity contribution in [1.29, 1.82) is 0 Å². The fraction of sp³-hybridized carbons (Fsp3) is 0.846. The normalized spacial score (nSPS) is 19.2. The number of nitrogens with two attached hydrogens (primary N) is 1. The summed E-state index contributed by atoms with van der Waals surface area (Å²) in [5, 5.41) is 21.2. The monoisotopic (exact) mass is 271 g/mol. The first-order valence-electron chi connectivity index (χ1n) is 7.00. The summed E-state index contributed by atoms with van der Waals surface area (Å²) in [4.78, 5) is 14.4. The van der Waals surface area contributed by atoms with E-state index in [4.69, 9.17) is 16.0 Å². The molecule has 110 valence electrons. The highest BCUT2D eigenvalue weighted by molar-refractivity contribution is 6.06. The maximum Gasteiger partial charge on any atom is 0.236 e. The SMILES string of the molecule is CCCN(CCO)C(=O)C1(C(N)=NO)CCCCC1. The number of carbonyl (C=O) groups excluding carboxylic acids is 1. The molecule has 0 spiro atoms. The number of amidine groups is 1. The standard InChI is InChI=1S/C13H25N3O3/c1-2-8-16(9-10-17)12(18)13(11(14)15-19)6-4-3-5-7-13/h17,19H,2-10H2,1H3,(H2,14,15). The Labute approximate surface area is 114 Å². The average molecular weight is 271 g/mol. The van der Waals surface area contributed by atoms with Gasteiger partial charge in [-0.05, 0) is 19.3 Å². The van der Waals surface area contributed by atoms with Crippen LogP contribution in [-0.4, -0.2) is 46.7 Å². The molecule has 0 bridgehead atoms. The van der Waals surface area contributed by atoms with Crippen LogP contribution in [0, 0.1) is 5.41 Å². The molecule has 0 unspecified atom stereocenters. The summed E-state index contributed by atoms with van der Waals surface area (Å²) in [6.45, 7) is 2.79. The fourth-order valence-electron chi connectivity index (χ4n) is 2.84. The highest BCUT2D eigenvalue weighted by Crippen LogP contribution is 2.38. The van der Waals surface area contributed by atoms with Gasteiger partial charge in [0.05, 0.1) is 6.61 Å². The Morgan fingerprint density at radius 2 is 1.95 bits per heavy atom. The number of carbonyl (C=O) groups is 1. The molecular formula is C13H25N3O3. The van der Waals surface area contributed by atoms with Gasteiger partial charge in [-0.2, -0.15) is 0 Å². The van der Waals surface area contributed by atoms with Crippen molar-refractivity contribution in [1.82, 2.24) is 4.90 Å². The van der Waals surface area contributed by atoms with Crippen LogP contribution in [0.2, 0.25) is 0 Å². The Hall–Kier alpha value is -1.30. The van der Waals surface area contributed by atoms with Gasteiger partial charge in [0.1, 0.15) is 5.41 Å². The number of amides is 1. The summed E-state index contributed by atoms with van der Waals surface area (Å²) in [6, 6.07) is 0. The van der Waals surface area contributed by atoms with E-state index in [1.54, 1.807) is 4.90 Å². The first kappa shape index (κ1) is 15.8. The quantitative estimate of drug-likeness (QED) is 0.289. The van der Waals surface area contributed by atoms with E-state index in [0.717, 1.165) is 25.7 Å². The smallest absolute Gasteiger partial charge is 0.236 e. The lowest BCUT2D eigenvalue weighted by molar-refractivity contribution is -0.140. The van der Waals surface area contributed by atoms with Gasteiger partial charge in [-0.1, -0.05) is 31.3 Å². The highest BCUT2D eigenvalue weighted by atomic mass is 16.4. The van der Waals surface area contributed by atoms with Crippen LogP contribution >= 0.6 is 0 Å². The van der Waals surface area contributed by atoms with Gasteiger partial charge in [0.15, 0.2) is 5.84 Å². The summed E-state index contributed by atoms with van der Waals surface area (Å²) < 4.78 is 0. The molecule has 1 fully saturated rings. The molecule has 6 heteroatoms. The molecule has 0 saturated heterocycles. The number of aliphatic hydroxyl groups excluding tert-OH is 1. The van der Waals surface area contributed by atoms with Gasteiger partial charge in [-0.15, -0.1) is 0 Å². The molecule has 1 aliphatic rings. The van der Waals surface area contributed by atoms with Crippen molar-refractivity contribution in [3.8, 4) is 0 Å². The van der Waals surface area contributed by atoms with E-state index < -0.39 is 5.41 Å². The topological polar surface area (TPSA) is 99.2 Å². The summed E-state index contributed by atoms with van der Waals surface area (Å²) in [5.41, 5.74) is 4.93. The maximum absolute atomic E-state index is 12.7. The second-order valence-corrected chi connectivity index (χ2v) is 5.14. The predicted molar refractivity (Wildman–Crippen MR) is 72.9 cm³/mol. The Kier molecular flexibility index (Phi) is 6.08. The lowest BCUT2D eigenvalue weighted by Gasteiger charge is -2.38. The van der Waals surface area contributed by atoms with Gasteiger partial charge >= 0.3 is 0 Å². The summed E-state index contributed by atoms with van der Waals surface area (Å²) in [5.74, 6) is -0.102. The third kappa shape index (κ3) is 3.37. The van der Waals surface area contributed by atoms with Crippen molar-refractivity contribution in [3.63, 3.8) is 0 Å². The van der Waals surface area contributed by atoms with Gasteiger partial charge in [0.25, 0.3) is 0 Å². The molecule has 0 heterocycles. The maximum atomic E-state index is 12.7. The molecule has 0 aliphatic heterocycles. The van der Waals surface area contributed by atoms with Gasteiger partial charge in [-0.25, -0.2) is 0 Å². The van der Waals surface area contributed by atoms with Gasteiger partial charge in [0, 0.05) is 13.1 Å². The summed E-state index contributed by atoms with van der Waals surface area (Å²) in [7, 11) is 0. The zero-order valence-corrected chi connectivity index (χ0v) is 11.6. The van der Waals surface area contributed by atoms with E-state index >= 15 is 0 Å². The fourth-order valence-corrected chi connectivity index (χ4v) is 2.84. The number of oxime groups is 1. The van der Waals surface area contributed by atoms with E-state index in [1.165, 1.54) is 0 Å². The molecule has 19 heavy (non-hydrogen) atoms. The number of rotatable bonds is 6. The average Bonchev–Trinajstić information content (AvgIpc) is 2.46. The van der Waals surface area contributed by atoms with Crippen molar-refractivity contribution in [2.45, 2.75) is 45.4 Å². The van der Waals surface area contributed by atoms with Crippen LogP contribution in [0.4, 0.5) is 0 Å². The molecule has 0 aromatic heterocycles. The van der Waals surface area contributed by atoms with Crippen LogP contribution in [0.15, 0.2) is 5.16 Å². The first-order valence-corrected chi connectivity index (χ1v) is 7.00. The van der Waals surface area contributed by atoms with Crippen LogP contribution in [0.1, 0.15) is 45.4 Å². The molecule has 0 aromatic rings. The van der Waals surface area contributed by atoms with E-state index in [0.29, 0.717) is 25.9 Å². The molecule has 1 rings (SSSR count). The van der Waals surface area contributed by atoms with Gasteiger partial charge < -0.3 is 20.9 Å². The largest absolute Gasteiger partial charge is 0.409 e. The first-order chi connectivity index (χ1) is 9.12. The Bertz CT molecular complexity index is 319. The van der Waals surface area contributed by atoms with Gasteiger partial charge in [-0.3, -0.25) is 4.79 Å². The number of nitrogens with zero attached hydrogens (tertiary/aromatic N) is 2. The molecule has 0 radical (unpaired) electrons. The third-order valence-corrected chi connectivity index (χ3v) is 3.87. The minimum absolute atomic E-state index is 0.0104. The van der Waals surface area contributed by atoms with Crippen molar-refractivity contribution in [2.75, 3.05) is 19.7 Å². The van der Waals surface area contributed by atoms with Crippen molar-refractivity contribution < 1.29 is 15.1 Å². The summed E-state index contributed by atoms with van der Waals surface area (Å²) >= 11 is 0. The predicted octanol–water partition coefficient (Wildman–Crippen LogP) is 0.914. The molecule has 6 nitrogen and oxygen atoms in total. The molecule has 1 amide bonds. The Morgan fingerprint density at radius 1 is 1.32 bits per heavy atom. The zero-order valence-electron chi connectivity index (χ0n) is 11.6. The van der Waals surface area contributed by atoms with Crippen molar-refractivity contribution >= 4 is 11.7 Å².